The summed E-state index contributed by atoms with van der Waals surface area (Å²) < 4.78 is 15.2. The molecule has 1 saturated heterocycles. The number of pyridine rings is 1. The van der Waals surface area contributed by atoms with E-state index in [1.807, 2.05) is 60.1 Å². The van der Waals surface area contributed by atoms with Crippen LogP contribution in [0.3, 0.4) is 0 Å². The molecule has 8 nitrogen and oxygen atoms in total. The molecule has 2 atom stereocenters. The number of halogens is 2. The molecule has 0 aliphatic carbocycles. The summed E-state index contributed by atoms with van der Waals surface area (Å²) in [5, 5.41) is 2.04. The highest BCUT2D eigenvalue weighted by atomic mass is 79.9. The molecule has 0 bridgehead atoms. The zero-order valence-corrected chi connectivity index (χ0v) is 20.5. The fourth-order valence-corrected chi connectivity index (χ4v) is 4.37. The average molecular weight is 530 g/mol. The van der Waals surface area contributed by atoms with Crippen LogP contribution in [0.25, 0.3) is 21.9 Å². The molecule has 3 aromatic heterocycles. The molecule has 4 heterocycles. The second-order valence-corrected chi connectivity index (χ2v) is 9.35. The van der Waals surface area contributed by atoms with Crippen LogP contribution < -0.4 is 4.74 Å². The number of hydrogen-bond acceptors (Lipinski definition) is 6. The third-order valence-electron chi connectivity index (χ3n) is 5.39. The minimum atomic E-state index is -0.150. The Morgan fingerprint density at radius 2 is 2.15 bits per heavy atom. The molecule has 1 aliphatic heterocycles. The van der Waals surface area contributed by atoms with Crippen LogP contribution in [0.15, 0.2) is 52.2 Å². The van der Waals surface area contributed by atoms with Crippen LogP contribution in [-0.2, 0) is 4.74 Å². The molecule has 0 amide bonds. The molecule has 33 heavy (non-hydrogen) atoms. The average Bonchev–Trinajstić information content (AvgIpc) is 3.42. The Kier molecular flexibility index (Phi) is 6.18. The monoisotopic (exact) mass is 528 g/mol. The van der Waals surface area contributed by atoms with Crippen molar-refractivity contribution in [3.05, 3.63) is 52.5 Å². The Morgan fingerprint density at radius 3 is 3.00 bits per heavy atom. The molecule has 1 unspecified atom stereocenters. The zero-order valence-electron chi connectivity index (χ0n) is 18.2. The maximum atomic E-state index is 6.28. The van der Waals surface area contributed by atoms with Crippen molar-refractivity contribution < 1.29 is 9.47 Å². The van der Waals surface area contributed by atoms with Crippen LogP contribution in [-0.4, -0.2) is 57.6 Å². The Balaban J connectivity index is 1.29. The van der Waals surface area contributed by atoms with E-state index in [-0.39, 0.29) is 17.6 Å². The van der Waals surface area contributed by atoms with Crippen molar-refractivity contribution in [2.45, 2.75) is 25.2 Å². The standard InChI is InChI=1S/C23H22BrClN6O2/c1-30(2)13-27-21-18-7-8-31(22(18)29-23(25)28-21)20-6-5-17(33-20)12-32-16-4-3-14-9-15(24)11-26-19(14)10-16/h3-4,7-11,13,17,20H,5-6,12H2,1-2H3/t17-,20?/m0/s1. The molecule has 1 fully saturated rings. The normalized spacial score (nSPS) is 18.5. The summed E-state index contributed by atoms with van der Waals surface area (Å²) in [5.41, 5.74) is 1.60. The summed E-state index contributed by atoms with van der Waals surface area (Å²) in [5.74, 6) is 1.31. The van der Waals surface area contributed by atoms with Gasteiger partial charge in [-0.1, -0.05) is 0 Å². The van der Waals surface area contributed by atoms with Crippen LogP contribution >= 0.6 is 27.5 Å². The molecule has 10 heteroatoms. The second kappa shape index (κ2) is 9.24. The molecule has 0 radical (unpaired) electrons. The topological polar surface area (TPSA) is 77.7 Å². The number of ether oxygens (including phenoxy) is 2. The van der Waals surface area contributed by atoms with E-state index < -0.39 is 0 Å². The molecule has 1 aromatic carbocycles. The third kappa shape index (κ3) is 4.80. The quantitative estimate of drug-likeness (QED) is 0.190. The van der Waals surface area contributed by atoms with Crippen LogP contribution in [0.1, 0.15) is 19.1 Å². The van der Waals surface area contributed by atoms with Crippen LogP contribution in [0.4, 0.5) is 5.82 Å². The number of fused-ring (bicyclic) bond motifs is 2. The van der Waals surface area contributed by atoms with E-state index in [9.17, 15) is 0 Å². The summed E-state index contributed by atoms with van der Waals surface area (Å²) in [4.78, 5) is 19.4. The van der Waals surface area contributed by atoms with E-state index in [1.54, 1.807) is 12.5 Å². The van der Waals surface area contributed by atoms with Gasteiger partial charge in [-0.15, -0.1) is 0 Å². The minimum Gasteiger partial charge on any atom is -0.491 e. The van der Waals surface area contributed by atoms with Crippen molar-refractivity contribution >= 4 is 61.6 Å². The predicted molar refractivity (Wildman–Crippen MR) is 132 cm³/mol. The molecule has 1 aliphatic rings. The minimum absolute atomic E-state index is 0.0236. The lowest BCUT2D eigenvalue weighted by atomic mass is 10.2. The summed E-state index contributed by atoms with van der Waals surface area (Å²) in [6.45, 7) is 0.464. The van der Waals surface area contributed by atoms with Gasteiger partial charge in [-0.25, -0.2) is 4.99 Å². The van der Waals surface area contributed by atoms with Gasteiger partial charge in [-0.2, -0.15) is 9.97 Å². The first kappa shape index (κ1) is 22.1. The number of aliphatic imine (C=N–C) groups is 1. The molecular formula is C23H22BrClN6O2. The molecule has 4 aromatic rings. The van der Waals surface area contributed by atoms with Crippen LogP contribution in [0, 0.1) is 0 Å². The molecule has 0 spiro atoms. The highest BCUT2D eigenvalue weighted by Crippen LogP contribution is 2.34. The van der Waals surface area contributed by atoms with Gasteiger partial charge >= 0.3 is 0 Å². The van der Waals surface area contributed by atoms with Crippen molar-refractivity contribution in [3.63, 3.8) is 0 Å². The zero-order chi connectivity index (χ0) is 22.9. The van der Waals surface area contributed by atoms with Gasteiger partial charge in [0.15, 0.2) is 5.82 Å². The van der Waals surface area contributed by atoms with Crippen molar-refractivity contribution in [2.75, 3.05) is 20.7 Å². The Hall–Kier alpha value is -2.75. The van der Waals surface area contributed by atoms with E-state index >= 15 is 0 Å². The summed E-state index contributed by atoms with van der Waals surface area (Å²) >= 11 is 9.63. The first-order valence-electron chi connectivity index (χ1n) is 10.5. The lowest BCUT2D eigenvalue weighted by Crippen LogP contribution is -2.18. The SMILES string of the molecule is CN(C)C=Nc1nc(Cl)nc2c1ccn2C1CC[C@@H](COc2ccc3cc(Br)cnc3c2)O1. The number of rotatable bonds is 6. The lowest BCUT2D eigenvalue weighted by Gasteiger charge is -2.16. The Labute approximate surface area is 204 Å². The molecule has 5 rings (SSSR count). The van der Waals surface area contributed by atoms with Gasteiger partial charge in [0, 0.05) is 42.4 Å². The van der Waals surface area contributed by atoms with Crippen molar-refractivity contribution in [1.82, 2.24) is 24.4 Å². The van der Waals surface area contributed by atoms with Crippen molar-refractivity contribution in [2.24, 2.45) is 4.99 Å². The van der Waals surface area contributed by atoms with Gasteiger partial charge in [-0.05, 0) is 64.6 Å². The largest absolute Gasteiger partial charge is 0.491 e. The van der Waals surface area contributed by atoms with Crippen LogP contribution in [0.5, 0.6) is 5.75 Å². The molecular weight excluding hydrogens is 508 g/mol. The maximum Gasteiger partial charge on any atom is 0.226 e. The number of benzene rings is 1. The maximum absolute atomic E-state index is 6.28. The van der Waals surface area contributed by atoms with E-state index in [0.717, 1.165) is 39.4 Å². The van der Waals surface area contributed by atoms with E-state index in [4.69, 9.17) is 21.1 Å². The van der Waals surface area contributed by atoms with Gasteiger partial charge < -0.3 is 18.9 Å². The van der Waals surface area contributed by atoms with Crippen molar-refractivity contribution in [3.8, 4) is 5.75 Å². The summed E-state index contributed by atoms with van der Waals surface area (Å²) in [7, 11) is 3.80. The molecule has 170 valence electrons. The van der Waals surface area contributed by atoms with E-state index in [1.165, 1.54) is 0 Å². The van der Waals surface area contributed by atoms with E-state index in [0.29, 0.717) is 18.1 Å². The van der Waals surface area contributed by atoms with Gasteiger partial charge in [0.05, 0.1) is 23.3 Å². The molecule has 0 saturated carbocycles. The van der Waals surface area contributed by atoms with Gasteiger partial charge in [0.25, 0.3) is 0 Å². The van der Waals surface area contributed by atoms with Gasteiger partial charge in [-0.3, -0.25) is 4.98 Å². The molecule has 0 N–H and O–H groups in total. The Bertz CT molecular complexity index is 1340. The second-order valence-electron chi connectivity index (χ2n) is 8.09. The first-order chi connectivity index (χ1) is 16.0. The summed E-state index contributed by atoms with van der Waals surface area (Å²) in [6, 6.07) is 9.89. The highest BCUT2D eigenvalue weighted by Gasteiger charge is 2.28. The van der Waals surface area contributed by atoms with Crippen molar-refractivity contribution in [1.29, 1.82) is 0 Å². The lowest BCUT2D eigenvalue weighted by molar-refractivity contribution is -0.0156. The fraction of sp³-hybridized carbons (Fsp3) is 0.304. The number of hydrogen-bond donors (Lipinski definition) is 0. The number of nitrogens with zero attached hydrogens (tertiary/aromatic N) is 6. The van der Waals surface area contributed by atoms with Gasteiger partial charge in [0.1, 0.15) is 24.2 Å². The first-order valence-corrected chi connectivity index (χ1v) is 11.7. The van der Waals surface area contributed by atoms with Gasteiger partial charge in [0.2, 0.25) is 5.28 Å². The highest BCUT2D eigenvalue weighted by molar-refractivity contribution is 9.10. The Morgan fingerprint density at radius 1 is 1.27 bits per heavy atom. The van der Waals surface area contributed by atoms with E-state index in [2.05, 4.69) is 35.9 Å². The smallest absolute Gasteiger partial charge is 0.226 e. The number of aromatic nitrogens is 4. The fourth-order valence-electron chi connectivity index (χ4n) is 3.86. The summed E-state index contributed by atoms with van der Waals surface area (Å²) in [6.07, 6.45) is 6.98. The predicted octanol–water partition coefficient (Wildman–Crippen LogP) is 5.37. The van der Waals surface area contributed by atoms with Crippen LogP contribution in [0.2, 0.25) is 5.28 Å². The third-order valence-corrected chi connectivity index (χ3v) is 5.99.